The number of anilines is 1. The molecule has 1 N–H and O–H groups in total. The van der Waals surface area contributed by atoms with Crippen molar-refractivity contribution in [1.29, 1.82) is 0 Å². The van der Waals surface area contributed by atoms with Crippen LogP contribution in [0.15, 0.2) is 12.3 Å². The van der Waals surface area contributed by atoms with Crippen LogP contribution in [0.4, 0.5) is 10.6 Å². The standard InChI is InChI=1S/C14H21N3O2/c1-10(2)11-9-15-13(8-12(11)19-3)16-14(18)17-6-4-5-7-17/h8-10H,4-7H2,1-3H3,(H,15,16,18). The maximum Gasteiger partial charge on any atom is 0.323 e. The molecular weight excluding hydrogens is 242 g/mol. The molecule has 1 aliphatic heterocycles. The smallest absolute Gasteiger partial charge is 0.323 e. The van der Waals surface area contributed by atoms with Gasteiger partial charge in [0.05, 0.1) is 7.11 Å². The number of hydrogen-bond acceptors (Lipinski definition) is 3. The molecular formula is C14H21N3O2. The Hall–Kier alpha value is -1.78. The number of rotatable bonds is 3. The van der Waals surface area contributed by atoms with E-state index in [0.29, 0.717) is 11.7 Å². The van der Waals surface area contributed by atoms with Crippen LogP contribution in [0, 0.1) is 0 Å². The molecule has 2 heterocycles. The first-order chi connectivity index (χ1) is 9.11. The maximum atomic E-state index is 12.0. The highest BCUT2D eigenvalue weighted by atomic mass is 16.5. The molecule has 0 atom stereocenters. The van der Waals surface area contributed by atoms with Gasteiger partial charge in [0.2, 0.25) is 0 Å². The van der Waals surface area contributed by atoms with E-state index in [9.17, 15) is 4.79 Å². The van der Waals surface area contributed by atoms with Gasteiger partial charge in [-0.1, -0.05) is 13.8 Å². The molecule has 2 rings (SSSR count). The minimum atomic E-state index is -0.0793. The van der Waals surface area contributed by atoms with Gasteiger partial charge in [-0.3, -0.25) is 5.32 Å². The zero-order valence-corrected chi connectivity index (χ0v) is 11.8. The number of nitrogens with one attached hydrogen (secondary N) is 1. The van der Waals surface area contributed by atoms with Crippen molar-refractivity contribution in [2.75, 3.05) is 25.5 Å². The highest BCUT2D eigenvalue weighted by molar-refractivity contribution is 5.88. The third-order valence-corrected chi connectivity index (χ3v) is 3.37. The van der Waals surface area contributed by atoms with E-state index in [1.807, 2.05) is 4.90 Å². The predicted molar refractivity (Wildman–Crippen MR) is 74.7 cm³/mol. The Kier molecular flexibility index (Phi) is 4.24. The number of nitrogens with zero attached hydrogens (tertiary/aromatic N) is 2. The van der Waals surface area contributed by atoms with Crippen LogP contribution in [-0.4, -0.2) is 36.1 Å². The molecule has 0 spiro atoms. The van der Waals surface area contributed by atoms with Gasteiger partial charge < -0.3 is 9.64 Å². The molecule has 0 radical (unpaired) electrons. The van der Waals surface area contributed by atoms with Crippen molar-refractivity contribution in [1.82, 2.24) is 9.88 Å². The third-order valence-electron chi connectivity index (χ3n) is 3.37. The summed E-state index contributed by atoms with van der Waals surface area (Å²) in [6.07, 6.45) is 3.93. The van der Waals surface area contributed by atoms with Crippen LogP contribution in [0.5, 0.6) is 5.75 Å². The first kappa shape index (κ1) is 13.6. The topological polar surface area (TPSA) is 54.5 Å². The van der Waals surface area contributed by atoms with Crippen LogP contribution in [0.3, 0.4) is 0 Å². The fourth-order valence-corrected chi connectivity index (χ4v) is 2.24. The van der Waals surface area contributed by atoms with Gasteiger partial charge in [0.1, 0.15) is 11.6 Å². The van der Waals surface area contributed by atoms with Crippen molar-refractivity contribution in [2.24, 2.45) is 0 Å². The van der Waals surface area contributed by atoms with Gasteiger partial charge in [0.25, 0.3) is 0 Å². The van der Waals surface area contributed by atoms with E-state index in [4.69, 9.17) is 4.74 Å². The number of hydrogen-bond donors (Lipinski definition) is 1. The Labute approximate surface area is 114 Å². The van der Waals surface area contributed by atoms with Crippen LogP contribution < -0.4 is 10.1 Å². The first-order valence-corrected chi connectivity index (χ1v) is 6.71. The summed E-state index contributed by atoms with van der Waals surface area (Å²) in [6, 6.07) is 1.70. The minimum Gasteiger partial charge on any atom is -0.496 e. The Balaban J connectivity index is 2.10. The number of pyridine rings is 1. The van der Waals surface area contributed by atoms with Gasteiger partial charge >= 0.3 is 6.03 Å². The van der Waals surface area contributed by atoms with Crippen LogP contribution in [0.2, 0.25) is 0 Å². The van der Waals surface area contributed by atoms with E-state index in [0.717, 1.165) is 37.2 Å². The highest BCUT2D eigenvalue weighted by Crippen LogP contribution is 2.27. The maximum absolute atomic E-state index is 12.0. The van der Waals surface area contributed by atoms with Crippen LogP contribution in [-0.2, 0) is 0 Å². The van der Waals surface area contributed by atoms with Gasteiger partial charge in [-0.05, 0) is 18.8 Å². The van der Waals surface area contributed by atoms with Gasteiger partial charge in [-0.25, -0.2) is 9.78 Å². The van der Waals surface area contributed by atoms with Crippen molar-refractivity contribution in [3.05, 3.63) is 17.8 Å². The summed E-state index contributed by atoms with van der Waals surface area (Å²) in [5, 5.41) is 2.82. The number of urea groups is 1. The number of amides is 2. The zero-order valence-electron chi connectivity index (χ0n) is 11.8. The van der Waals surface area contributed by atoms with Crippen LogP contribution in [0.25, 0.3) is 0 Å². The van der Waals surface area contributed by atoms with Crippen molar-refractivity contribution in [3.63, 3.8) is 0 Å². The summed E-state index contributed by atoms with van der Waals surface area (Å²) in [5.74, 6) is 1.64. The Bertz CT molecular complexity index is 454. The normalized spacial score (nSPS) is 14.8. The van der Waals surface area contributed by atoms with Crippen molar-refractivity contribution < 1.29 is 9.53 Å². The minimum absolute atomic E-state index is 0.0793. The van der Waals surface area contributed by atoms with Gasteiger partial charge in [-0.2, -0.15) is 0 Å². The van der Waals surface area contributed by atoms with E-state index in [1.165, 1.54) is 0 Å². The molecule has 1 aromatic rings. The molecule has 5 heteroatoms. The second-order valence-electron chi connectivity index (χ2n) is 5.09. The Morgan fingerprint density at radius 2 is 2.11 bits per heavy atom. The average molecular weight is 263 g/mol. The van der Waals surface area contributed by atoms with E-state index in [2.05, 4.69) is 24.1 Å². The summed E-state index contributed by atoms with van der Waals surface area (Å²) >= 11 is 0. The second kappa shape index (κ2) is 5.91. The molecule has 2 amide bonds. The lowest BCUT2D eigenvalue weighted by atomic mass is 10.0. The number of methoxy groups -OCH3 is 1. The zero-order chi connectivity index (χ0) is 13.8. The van der Waals surface area contributed by atoms with Crippen LogP contribution >= 0.6 is 0 Å². The molecule has 1 aliphatic rings. The number of carbonyl (C=O) groups is 1. The van der Waals surface area contributed by atoms with Gasteiger partial charge in [0.15, 0.2) is 0 Å². The average Bonchev–Trinajstić information content (AvgIpc) is 2.92. The van der Waals surface area contributed by atoms with Crippen LogP contribution in [0.1, 0.15) is 38.2 Å². The SMILES string of the molecule is COc1cc(NC(=O)N2CCCC2)ncc1C(C)C. The summed E-state index contributed by atoms with van der Waals surface area (Å²) < 4.78 is 5.35. The summed E-state index contributed by atoms with van der Waals surface area (Å²) in [7, 11) is 1.63. The molecule has 0 bridgehead atoms. The van der Waals surface area contributed by atoms with Gasteiger partial charge in [0, 0.05) is 30.9 Å². The van der Waals surface area contributed by atoms with E-state index < -0.39 is 0 Å². The molecule has 104 valence electrons. The molecule has 1 aromatic heterocycles. The molecule has 1 fully saturated rings. The van der Waals surface area contributed by atoms with Crippen molar-refractivity contribution >= 4 is 11.8 Å². The molecule has 0 saturated carbocycles. The predicted octanol–water partition coefficient (Wildman–Crippen LogP) is 2.84. The fourth-order valence-electron chi connectivity index (χ4n) is 2.24. The van der Waals surface area contributed by atoms with E-state index in [-0.39, 0.29) is 6.03 Å². The molecule has 0 unspecified atom stereocenters. The van der Waals surface area contributed by atoms with E-state index >= 15 is 0 Å². The lowest BCUT2D eigenvalue weighted by Crippen LogP contribution is -2.32. The van der Waals surface area contributed by atoms with Crippen molar-refractivity contribution in [2.45, 2.75) is 32.6 Å². The molecule has 0 aromatic carbocycles. The number of carbonyl (C=O) groups excluding carboxylic acids is 1. The number of likely N-dealkylation sites (tertiary alicyclic amines) is 1. The number of aromatic nitrogens is 1. The largest absolute Gasteiger partial charge is 0.496 e. The molecule has 19 heavy (non-hydrogen) atoms. The highest BCUT2D eigenvalue weighted by Gasteiger charge is 2.18. The Morgan fingerprint density at radius 3 is 2.68 bits per heavy atom. The monoisotopic (exact) mass is 263 g/mol. The fraction of sp³-hybridized carbons (Fsp3) is 0.571. The van der Waals surface area contributed by atoms with Crippen molar-refractivity contribution in [3.8, 4) is 5.75 Å². The summed E-state index contributed by atoms with van der Waals surface area (Å²) in [4.78, 5) is 18.1. The quantitative estimate of drug-likeness (QED) is 0.912. The summed E-state index contributed by atoms with van der Waals surface area (Å²) in [6.45, 7) is 5.82. The second-order valence-corrected chi connectivity index (χ2v) is 5.09. The van der Waals surface area contributed by atoms with E-state index in [1.54, 1.807) is 19.4 Å². The third kappa shape index (κ3) is 3.16. The number of ether oxygens (including phenoxy) is 1. The Morgan fingerprint density at radius 1 is 1.42 bits per heavy atom. The molecule has 5 nitrogen and oxygen atoms in total. The first-order valence-electron chi connectivity index (χ1n) is 6.71. The van der Waals surface area contributed by atoms with Gasteiger partial charge in [-0.15, -0.1) is 0 Å². The molecule has 0 aliphatic carbocycles. The lowest BCUT2D eigenvalue weighted by molar-refractivity contribution is 0.222. The lowest BCUT2D eigenvalue weighted by Gasteiger charge is -2.17. The molecule has 1 saturated heterocycles. The summed E-state index contributed by atoms with van der Waals surface area (Å²) in [5.41, 5.74) is 1.04.